The number of rotatable bonds is 2. The molecule has 1 aromatic heterocycles. The number of Topliss-reactive ketones (excluding diaryl/α,β-unsaturated/α-hetero) is 1. The normalized spacial score (nSPS) is 18.2. The Labute approximate surface area is 86.0 Å². The minimum atomic E-state index is -1.19. The summed E-state index contributed by atoms with van der Waals surface area (Å²) in [6.45, 7) is 1.89. The van der Waals surface area contributed by atoms with Crippen LogP contribution in [0.2, 0.25) is 0 Å². The highest BCUT2D eigenvalue weighted by Crippen LogP contribution is 2.26. The van der Waals surface area contributed by atoms with Crippen LogP contribution in [0, 0.1) is 0 Å². The van der Waals surface area contributed by atoms with Crippen LogP contribution in [0.15, 0.2) is 18.3 Å². The number of carbonyl (C=O) groups excluding carboxylic acids is 2. The number of carbonyl (C=O) groups is 2. The van der Waals surface area contributed by atoms with Gasteiger partial charge in [0.25, 0.3) is 6.10 Å². The van der Waals surface area contributed by atoms with Crippen molar-refractivity contribution in [1.82, 2.24) is 4.98 Å². The molecular formula is C10H9NO4. The molecule has 5 nitrogen and oxygen atoms in total. The molecule has 15 heavy (non-hydrogen) atoms. The summed E-state index contributed by atoms with van der Waals surface area (Å²) >= 11 is 0. The van der Waals surface area contributed by atoms with Crippen LogP contribution < -0.4 is 4.74 Å². The molecule has 0 fully saturated rings. The standard InChI is InChI=1S/C10H9NO4/c1-2-14-10(13)8-7(12)6-4-3-5-11-9(6)15-8/h3-5,8H,2H2,1H3. The Morgan fingerprint density at radius 2 is 2.47 bits per heavy atom. The summed E-state index contributed by atoms with van der Waals surface area (Å²) < 4.78 is 9.81. The Morgan fingerprint density at radius 1 is 1.67 bits per heavy atom. The van der Waals surface area contributed by atoms with E-state index in [0.717, 1.165) is 0 Å². The molecule has 78 valence electrons. The zero-order valence-electron chi connectivity index (χ0n) is 8.10. The van der Waals surface area contributed by atoms with Gasteiger partial charge in [-0.3, -0.25) is 4.79 Å². The van der Waals surface area contributed by atoms with E-state index >= 15 is 0 Å². The number of hydrogen-bond donors (Lipinski definition) is 0. The highest BCUT2D eigenvalue weighted by molar-refractivity contribution is 6.14. The van der Waals surface area contributed by atoms with Crippen LogP contribution in [-0.2, 0) is 9.53 Å². The lowest BCUT2D eigenvalue weighted by atomic mass is 10.1. The minimum absolute atomic E-state index is 0.195. The van der Waals surface area contributed by atoms with E-state index < -0.39 is 17.9 Å². The van der Waals surface area contributed by atoms with Gasteiger partial charge in [-0.25, -0.2) is 9.78 Å². The first-order valence-electron chi connectivity index (χ1n) is 4.56. The van der Waals surface area contributed by atoms with E-state index in [1.807, 2.05) is 0 Å². The topological polar surface area (TPSA) is 65.5 Å². The predicted octanol–water partition coefficient (Wildman–Crippen LogP) is 0.588. The number of nitrogens with zero attached hydrogens (tertiary/aromatic N) is 1. The second-order valence-electron chi connectivity index (χ2n) is 2.97. The molecule has 0 aliphatic carbocycles. The molecule has 0 radical (unpaired) electrons. The van der Waals surface area contributed by atoms with Crippen molar-refractivity contribution in [1.29, 1.82) is 0 Å². The van der Waals surface area contributed by atoms with Gasteiger partial charge >= 0.3 is 5.97 Å². The van der Waals surface area contributed by atoms with Crippen LogP contribution in [0.5, 0.6) is 5.88 Å². The average molecular weight is 207 g/mol. The Hall–Kier alpha value is -1.91. The van der Waals surface area contributed by atoms with Crippen LogP contribution in [-0.4, -0.2) is 29.4 Å². The van der Waals surface area contributed by atoms with Gasteiger partial charge < -0.3 is 9.47 Å². The first-order valence-corrected chi connectivity index (χ1v) is 4.56. The van der Waals surface area contributed by atoms with Crippen molar-refractivity contribution in [3.8, 4) is 5.88 Å². The summed E-state index contributed by atoms with van der Waals surface area (Å²) in [7, 11) is 0. The monoisotopic (exact) mass is 207 g/mol. The van der Waals surface area contributed by atoms with Crippen LogP contribution in [0.1, 0.15) is 17.3 Å². The third-order valence-electron chi connectivity index (χ3n) is 2.00. The molecule has 0 amide bonds. The summed E-state index contributed by atoms with van der Waals surface area (Å²) in [5, 5.41) is 0. The Bertz CT molecular complexity index is 416. The van der Waals surface area contributed by atoms with E-state index in [4.69, 9.17) is 9.47 Å². The molecule has 0 bridgehead atoms. The first kappa shape index (κ1) is 9.64. The summed E-state index contributed by atoms with van der Waals surface area (Å²) in [5.41, 5.74) is 0.329. The molecule has 5 heteroatoms. The molecule has 0 aromatic carbocycles. The largest absolute Gasteiger partial charge is 0.463 e. The molecule has 0 N–H and O–H groups in total. The highest BCUT2D eigenvalue weighted by atomic mass is 16.6. The summed E-state index contributed by atoms with van der Waals surface area (Å²) in [6, 6.07) is 3.19. The number of pyridine rings is 1. The lowest BCUT2D eigenvalue weighted by molar-refractivity contribution is -0.148. The van der Waals surface area contributed by atoms with Gasteiger partial charge in [-0.05, 0) is 19.1 Å². The van der Waals surface area contributed by atoms with Crippen molar-refractivity contribution in [3.63, 3.8) is 0 Å². The van der Waals surface area contributed by atoms with Crippen LogP contribution in [0.4, 0.5) is 0 Å². The second-order valence-corrected chi connectivity index (χ2v) is 2.97. The van der Waals surface area contributed by atoms with Crippen molar-refractivity contribution in [2.24, 2.45) is 0 Å². The lowest BCUT2D eigenvalue weighted by Crippen LogP contribution is -2.32. The third-order valence-corrected chi connectivity index (χ3v) is 2.00. The smallest absolute Gasteiger partial charge is 0.355 e. The quantitative estimate of drug-likeness (QED) is 0.524. The number of esters is 1. The Kier molecular flexibility index (Phi) is 2.37. The van der Waals surface area contributed by atoms with Crippen molar-refractivity contribution in [2.45, 2.75) is 13.0 Å². The highest BCUT2D eigenvalue weighted by Gasteiger charge is 2.39. The maximum Gasteiger partial charge on any atom is 0.355 e. The molecule has 1 atom stereocenters. The van der Waals surface area contributed by atoms with Gasteiger partial charge in [0, 0.05) is 6.20 Å². The number of ether oxygens (including phenoxy) is 2. The fraction of sp³-hybridized carbons (Fsp3) is 0.300. The van der Waals surface area contributed by atoms with E-state index in [2.05, 4.69) is 4.98 Å². The van der Waals surface area contributed by atoms with Gasteiger partial charge in [0.05, 0.1) is 12.2 Å². The Balaban J connectivity index is 2.24. The third kappa shape index (κ3) is 1.56. The van der Waals surface area contributed by atoms with Gasteiger partial charge in [0.1, 0.15) is 0 Å². The molecular weight excluding hydrogens is 198 g/mol. The molecule has 1 unspecified atom stereocenters. The fourth-order valence-electron chi connectivity index (χ4n) is 1.35. The van der Waals surface area contributed by atoms with Gasteiger partial charge in [0.15, 0.2) is 0 Å². The molecule has 1 aliphatic rings. The summed E-state index contributed by atoms with van der Waals surface area (Å²) in [5.74, 6) is -0.863. The fourth-order valence-corrected chi connectivity index (χ4v) is 1.35. The summed E-state index contributed by atoms with van der Waals surface area (Å²) in [4.78, 5) is 26.8. The zero-order chi connectivity index (χ0) is 10.8. The molecule has 1 aliphatic heterocycles. The molecule has 0 saturated heterocycles. The number of aromatic nitrogens is 1. The second kappa shape index (κ2) is 3.68. The van der Waals surface area contributed by atoms with Crippen molar-refractivity contribution in [3.05, 3.63) is 23.9 Å². The molecule has 1 aromatic rings. The van der Waals surface area contributed by atoms with Crippen molar-refractivity contribution in [2.75, 3.05) is 6.61 Å². The van der Waals surface area contributed by atoms with Crippen LogP contribution in [0.3, 0.4) is 0 Å². The average Bonchev–Trinajstić information content (AvgIpc) is 2.57. The van der Waals surface area contributed by atoms with Gasteiger partial charge in [-0.1, -0.05) is 0 Å². The maximum absolute atomic E-state index is 11.6. The molecule has 2 heterocycles. The Morgan fingerprint density at radius 3 is 3.13 bits per heavy atom. The minimum Gasteiger partial charge on any atom is -0.463 e. The van der Waals surface area contributed by atoms with Crippen molar-refractivity contribution >= 4 is 11.8 Å². The number of hydrogen-bond acceptors (Lipinski definition) is 5. The van der Waals surface area contributed by atoms with E-state index in [-0.39, 0.29) is 12.5 Å². The predicted molar refractivity (Wildman–Crippen MR) is 49.6 cm³/mol. The SMILES string of the molecule is CCOC(=O)C1Oc2ncccc2C1=O. The zero-order valence-corrected chi connectivity index (χ0v) is 8.10. The molecule has 0 saturated carbocycles. The lowest BCUT2D eigenvalue weighted by Gasteiger charge is -2.06. The van der Waals surface area contributed by atoms with Crippen LogP contribution >= 0.6 is 0 Å². The first-order chi connectivity index (χ1) is 7.24. The van der Waals surface area contributed by atoms with E-state index in [9.17, 15) is 9.59 Å². The van der Waals surface area contributed by atoms with E-state index in [0.29, 0.717) is 5.56 Å². The van der Waals surface area contributed by atoms with E-state index in [1.165, 1.54) is 6.20 Å². The molecule has 0 spiro atoms. The molecule has 2 rings (SSSR count). The van der Waals surface area contributed by atoms with Gasteiger partial charge in [-0.2, -0.15) is 0 Å². The van der Waals surface area contributed by atoms with Crippen molar-refractivity contribution < 1.29 is 19.1 Å². The van der Waals surface area contributed by atoms with Gasteiger partial charge in [0.2, 0.25) is 11.7 Å². The maximum atomic E-state index is 11.6. The number of fused-ring (bicyclic) bond motifs is 1. The summed E-state index contributed by atoms with van der Waals surface area (Å²) in [6.07, 6.45) is 0.314. The van der Waals surface area contributed by atoms with E-state index in [1.54, 1.807) is 19.1 Å². The van der Waals surface area contributed by atoms with Crippen LogP contribution in [0.25, 0.3) is 0 Å². The van der Waals surface area contributed by atoms with Gasteiger partial charge in [-0.15, -0.1) is 0 Å². The number of ketones is 1.